The van der Waals surface area contributed by atoms with Gasteiger partial charge in [-0.15, -0.1) is 0 Å². The fraction of sp³-hybridized carbons (Fsp3) is 0. The maximum absolute atomic E-state index is 8.63. The van der Waals surface area contributed by atoms with Crippen LogP contribution < -0.4 is 0 Å². The fourth-order valence-corrected chi connectivity index (χ4v) is 0.428. The van der Waals surface area contributed by atoms with Crippen molar-refractivity contribution < 1.29 is 85.1 Å². The number of hydrogen-bond acceptors (Lipinski definition) is 1. The summed E-state index contributed by atoms with van der Waals surface area (Å²) in [5.74, 6) is 0.322. The first-order valence-corrected chi connectivity index (χ1v) is 2.13. The first-order valence-electron chi connectivity index (χ1n) is 2.13. The number of benzene rings is 1. The predicted molar refractivity (Wildman–Crippen MR) is 28.1 cm³/mol. The van der Waals surface area contributed by atoms with Crippen molar-refractivity contribution in [3.05, 3.63) is 30.3 Å². The van der Waals surface area contributed by atoms with Crippen molar-refractivity contribution in [2.45, 2.75) is 0 Å². The minimum atomic E-state index is 0. The summed E-state index contributed by atoms with van der Waals surface area (Å²) in [7, 11) is 0. The number of para-hydroxylation sites is 1. The van der Waals surface area contributed by atoms with Gasteiger partial charge < -0.3 is 5.11 Å². The molecule has 0 aliphatic heterocycles. The molecule has 0 aliphatic rings. The van der Waals surface area contributed by atoms with Gasteiger partial charge >= 0.3 is 0 Å². The van der Waals surface area contributed by atoms with E-state index in [4.69, 9.17) is 5.11 Å². The van der Waals surface area contributed by atoms with Crippen LogP contribution in [0.25, 0.3) is 0 Å². The third-order valence-electron chi connectivity index (χ3n) is 0.756. The van der Waals surface area contributed by atoms with Crippen molar-refractivity contribution in [2.75, 3.05) is 0 Å². The van der Waals surface area contributed by atoms with E-state index < -0.39 is 0 Å². The molecular formula is C6H6CoOPt3. The van der Waals surface area contributed by atoms with Crippen LogP contribution in [0.3, 0.4) is 0 Å². The van der Waals surface area contributed by atoms with Crippen molar-refractivity contribution in [3.63, 3.8) is 0 Å². The van der Waals surface area contributed by atoms with E-state index >= 15 is 0 Å². The maximum Gasteiger partial charge on any atom is 0.115 e. The summed E-state index contributed by atoms with van der Waals surface area (Å²) >= 11 is 0. The zero-order valence-electron chi connectivity index (χ0n) is 5.12. The molecule has 0 aliphatic carbocycles. The van der Waals surface area contributed by atoms with Crippen LogP contribution in [-0.2, 0) is 80.0 Å². The third-order valence-corrected chi connectivity index (χ3v) is 0.756. The molecule has 1 nitrogen and oxygen atoms in total. The van der Waals surface area contributed by atoms with Gasteiger partial charge in [0.25, 0.3) is 0 Å². The third kappa shape index (κ3) is 11.6. The normalized spacial score (nSPS) is 5.45. The molecule has 75 valence electrons. The average molecular weight is 738 g/mol. The van der Waals surface area contributed by atoms with Crippen molar-refractivity contribution in [2.24, 2.45) is 0 Å². The Morgan fingerprint density at radius 2 is 1.18 bits per heavy atom. The summed E-state index contributed by atoms with van der Waals surface area (Å²) < 4.78 is 0. The Morgan fingerprint density at radius 1 is 0.818 bits per heavy atom. The first-order chi connectivity index (χ1) is 3.39. The quantitative estimate of drug-likeness (QED) is 0.428. The van der Waals surface area contributed by atoms with Gasteiger partial charge in [0, 0.05) is 80.0 Å². The van der Waals surface area contributed by atoms with Gasteiger partial charge in [-0.05, 0) is 12.1 Å². The molecule has 0 amide bonds. The second kappa shape index (κ2) is 14.1. The molecule has 0 atom stereocenters. The number of rotatable bonds is 0. The Hall–Kier alpha value is 1.59. The summed E-state index contributed by atoms with van der Waals surface area (Å²) in [6.45, 7) is 0. The number of aromatic hydroxyl groups is 1. The van der Waals surface area contributed by atoms with Crippen LogP contribution in [0.15, 0.2) is 30.3 Å². The van der Waals surface area contributed by atoms with Crippen molar-refractivity contribution in [3.8, 4) is 5.75 Å². The van der Waals surface area contributed by atoms with Gasteiger partial charge in [0.15, 0.2) is 0 Å². The molecule has 0 aromatic heterocycles. The SMILES string of the molecule is Oc1ccccc1.[Co].[Pt].[Pt].[Pt]. The van der Waals surface area contributed by atoms with Crippen molar-refractivity contribution >= 4 is 0 Å². The van der Waals surface area contributed by atoms with Crippen LogP contribution in [0, 0.1) is 0 Å². The molecule has 1 aromatic carbocycles. The summed E-state index contributed by atoms with van der Waals surface area (Å²) in [5, 5.41) is 8.63. The molecule has 0 saturated carbocycles. The summed E-state index contributed by atoms with van der Waals surface area (Å²) in [6.07, 6.45) is 0. The van der Waals surface area contributed by atoms with E-state index in [0.29, 0.717) is 5.75 Å². The van der Waals surface area contributed by atoms with Gasteiger partial charge in [-0.2, -0.15) is 0 Å². The van der Waals surface area contributed by atoms with E-state index in [9.17, 15) is 0 Å². The Kier molecular flexibility index (Phi) is 29.5. The molecule has 0 fully saturated rings. The van der Waals surface area contributed by atoms with E-state index in [1.165, 1.54) is 0 Å². The molecular weight excluding hydrogens is 732 g/mol. The first kappa shape index (κ1) is 22.9. The van der Waals surface area contributed by atoms with Crippen LogP contribution >= 0.6 is 0 Å². The molecule has 0 saturated heterocycles. The van der Waals surface area contributed by atoms with Crippen LogP contribution in [0.1, 0.15) is 0 Å². The number of phenolic OH excluding ortho intramolecular Hbond substituents is 1. The summed E-state index contributed by atoms with van der Waals surface area (Å²) in [4.78, 5) is 0. The van der Waals surface area contributed by atoms with Crippen LogP contribution in [0.5, 0.6) is 5.75 Å². The number of phenols is 1. The van der Waals surface area contributed by atoms with Gasteiger partial charge in [-0.25, -0.2) is 0 Å². The van der Waals surface area contributed by atoms with Gasteiger partial charge in [0.2, 0.25) is 0 Å². The zero-order chi connectivity index (χ0) is 5.11. The number of hydrogen-bond donors (Lipinski definition) is 1. The molecule has 1 N–H and O–H groups in total. The standard InChI is InChI=1S/C6H6O.Co.3Pt/c7-6-4-2-1-3-5-6;;;;/h1-5,7H;;;;. The van der Waals surface area contributed by atoms with E-state index in [1.54, 1.807) is 24.3 Å². The maximum atomic E-state index is 8.63. The second-order valence-electron chi connectivity index (χ2n) is 1.34. The second-order valence-corrected chi connectivity index (χ2v) is 1.34. The summed E-state index contributed by atoms with van der Waals surface area (Å²) in [6, 6.07) is 8.71. The average Bonchev–Trinajstić information content (AvgIpc) is 1.69. The molecule has 0 bridgehead atoms. The molecule has 0 spiro atoms. The minimum absolute atomic E-state index is 0. The van der Waals surface area contributed by atoms with Gasteiger partial charge in [-0.1, -0.05) is 18.2 Å². The predicted octanol–water partition coefficient (Wildman–Crippen LogP) is 1.38. The molecule has 1 rings (SSSR count). The smallest absolute Gasteiger partial charge is 0.115 e. The molecule has 5 heteroatoms. The van der Waals surface area contributed by atoms with E-state index in [2.05, 4.69) is 0 Å². The van der Waals surface area contributed by atoms with E-state index in [-0.39, 0.29) is 80.0 Å². The minimum Gasteiger partial charge on any atom is -0.508 e. The molecule has 1 radical (unpaired) electrons. The Labute approximate surface area is 120 Å². The molecule has 0 unspecified atom stereocenters. The Bertz CT molecular complexity index is 148. The monoisotopic (exact) mass is 738 g/mol. The topological polar surface area (TPSA) is 20.2 Å². The molecule has 11 heavy (non-hydrogen) atoms. The fourth-order valence-electron chi connectivity index (χ4n) is 0.428. The van der Waals surface area contributed by atoms with Crippen molar-refractivity contribution in [1.82, 2.24) is 0 Å². The van der Waals surface area contributed by atoms with Gasteiger partial charge in [0.05, 0.1) is 0 Å². The Morgan fingerprint density at radius 3 is 1.36 bits per heavy atom. The van der Waals surface area contributed by atoms with Crippen LogP contribution in [0.4, 0.5) is 0 Å². The summed E-state index contributed by atoms with van der Waals surface area (Å²) in [5.41, 5.74) is 0. The molecule has 1 aromatic rings. The molecule has 0 heterocycles. The largest absolute Gasteiger partial charge is 0.508 e. The van der Waals surface area contributed by atoms with E-state index in [1.807, 2.05) is 6.07 Å². The van der Waals surface area contributed by atoms with Gasteiger partial charge in [-0.3, -0.25) is 0 Å². The zero-order valence-corrected chi connectivity index (χ0v) is 13.0. The van der Waals surface area contributed by atoms with Crippen LogP contribution in [0.2, 0.25) is 0 Å². The Balaban J connectivity index is -0.0000000612. The van der Waals surface area contributed by atoms with Gasteiger partial charge in [0.1, 0.15) is 5.75 Å². The van der Waals surface area contributed by atoms with E-state index in [0.717, 1.165) is 0 Å². The van der Waals surface area contributed by atoms with Crippen molar-refractivity contribution in [1.29, 1.82) is 0 Å². The van der Waals surface area contributed by atoms with Crippen LogP contribution in [-0.4, -0.2) is 5.11 Å².